The summed E-state index contributed by atoms with van der Waals surface area (Å²) < 4.78 is 11.2. The van der Waals surface area contributed by atoms with Crippen LogP contribution in [0.2, 0.25) is 0 Å². The fraction of sp³-hybridized carbons (Fsp3) is 0.827. The van der Waals surface area contributed by atoms with Crippen molar-refractivity contribution in [3.05, 3.63) is 48.6 Å². The standard InChI is InChI=1S/C52H95NO8/c1-3-5-7-9-11-13-15-17-19-21-22-23-24-26-27-29-31-33-35-37-39-41-46(55)45(44-60-52-51(59)50(58)49(57)47(43-54)61-52)53-48(56)42-40-38-36-34-32-30-28-25-20-18-16-14-12-10-8-6-4-2/h12,14,18,20,31,33,39,41,45-47,49-52,54-55,57-59H,3-11,13,15-17,19,21-30,32,34-38,40,42-44H2,1-2H3,(H,53,56)/b14-12-,20-18-,33-31+,41-39+. The van der Waals surface area contributed by atoms with Crippen LogP contribution in [-0.2, 0) is 14.3 Å². The predicted molar refractivity (Wildman–Crippen MR) is 253 cm³/mol. The normalized spacial score (nSPS) is 20.8. The van der Waals surface area contributed by atoms with E-state index in [2.05, 4.69) is 55.6 Å². The van der Waals surface area contributed by atoms with Crippen molar-refractivity contribution in [3.8, 4) is 0 Å². The van der Waals surface area contributed by atoms with Gasteiger partial charge in [0.15, 0.2) is 6.29 Å². The van der Waals surface area contributed by atoms with Crippen LogP contribution >= 0.6 is 0 Å². The molecule has 356 valence electrons. The molecule has 0 radical (unpaired) electrons. The highest BCUT2D eigenvalue weighted by molar-refractivity contribution is 5.76. The minimum Gasteiger partial charge on any atom is -0.394 e. The molecule has 1 rings (SSSR count). The Kier molecular flexibility index (Phi) is 39.5. The van der Waals surface area contributed by atoms with Crippen molar-refractivity contribution in [1.82, 2.24) is 5.32 Å². The van der Waals surface area contributed by atoms with Crippen LogP contribution in [0.1, 0.15) is 219 Å². The quantitative estimate of drug-likeness (QED) is 0.0262. The Morgan fingerprint density at radius 2 is 0.984 bits per heavy atom. The third-order valence-electron chi connectivity index (χ3n) is 11.9. The fourth-order valence-electron chi connectivity index (χ4n) is 7.79. The van der Waals surface area contributed by atoms with Gasteiger partial charge in [-0.05, 0) is 64.2 Å². The van der Waals surface area contributed by atoms with Gasteiger partial charge in [0.05, 0.1) is 25.4 Å². The van der Waals surface area contributed by atoms with Gasteiger partial charge in [-0.2, -0.15) is 0 Å². The second-order valence-electron chi connectivity index (χ2n) is 17.6. The van der Waals surface area contributed by atoms with Gasteiger partial charge in [-0.25, -0.2) is 0 Å². The zero-order valence-corrected chi connectivity index (χ0v) is 39.2. The number of nitrogens with one attached hydrogen (secondary N) is 1. The Labute approximate surface area is 373 Å². The summed E-state index contributed by atoms with van der Waals surface area (Å²) in [7, 11) is 0. The first-order valence-corrected chi connectivity index (χ1v) is 25.4. The summed E-state index contributed by atoms with van der Waals surface area (Å²) in [4.78, 5) is 13.0. The van der Waals surface area contributed by atoms with Crippen LogP contribution in [0.3, 0.4) is 0 Å². The summed E-state index contributed by atoms with van der Waals surface area (Å²) in [5.74, 6) is -0.195. The van der Waals surface area contributed by atoms with Gasteiger partial charge in [-0.15, -0.1) is 0 Å². The molecule has 0 aromatic carbocycles. The van der Waals surface area contributed by atoms with Crippen LogP contribution in [0.25, 0.3) is 0 Å². The number of hydrogen-bond donors (Lipinski definition) is 6. The van der Waals surface area contributed by atoms with Gasteiger partial charge in [0.2, 0.25) is 5.91 Å². The molecule has 1 amide bonds. The number of unbranched alkanes of at least 4 members (excludes halogenated alkanes) is 26. The number of aliphatic hydroxyl groups excluding tert-OH is 5. The van der Waals surface area contributed by atoms with Crippen molar-refractivity contribution in [3.63, 3.8) is 0 Å². The minimum absolute atomic E-state index is 0.195. The van der Waals surface area contributed by atoms with Crippen molar-refractivity contribution in [1.29, 1.82) is 0 Å². The smallest absolute Gasteiger partial charge is 0.220 e. The molecule has 0 spiro atoms. The first kappa shape index (κ1) is 57.2. The van der Waals surface area contributed by atoms with Crippen LogP contribution in [0.15, 0.2) is 48.6 Å². The lowest BCUT2D eigenvalue weighted by molar-refractivity contribution is -0.302. The lowest BCUT2D eigenvalue weighted by Crippen LogP contribution is -2.60. The maximum atomic E-state index is 13.0. The lowest BCUT2D eigenvalue weighted by Gasteiger charge is -2.40. The molecule has 0 saturated carbocycles. The molecule has 9 nitrogen and oxygen atoms in total. The number of aliphatic hydroxyl groups is 5. The molecule has 0 aliphatic carbocycles. The SMILES string of the molecule is CCCCC/C=C\C/C=C\CCCCCCCCCC(=O)NC(COC1OC(CO)C(O)C(O)C1O)C(O)/C=C/CC/C=C/CCCCCCCCCCCCCCCCC. The number of rotatable bonds is 42. The molecule has 6 N–H and O–H groups in total. The Balaban J connectivity index is 2.34. The van der Waals surface area contributed by atoms with E-state index in [4.69, 9.17) is 9.47 Å². The number of ether oxygens (including phenoxy) is 2. The Morgan fingerprint density at radius 3 is 1.51 bits per heavy atom. The first-order chi connectivity index (χ1) is 29.8. The van der Waals surface area contributed by atoms with Crippen molar-refractivity contribution >= 4 is 5.91 Å². The number of carbonyl (C=O) groups excluding carboxylic acids is 1. The molecular formula is C52H95NO8. The van der Waals surface area contributed by atoms with Crippen LogP contribution < -0.4 is 5.32 Å². The highest BCUT2D eigenvalue weighted by atomic mass is 16.7. The summed E-state index contributed by atoms with van der Waals surface area (Å²) in [6.07, 6.45) is 47.3. The maximum absolute atomic E-state index is 13.0. The van der Waals surface area contributed by atoms with Gasteiger partial charge >= 0.3 is 0 Å². The molecule has 1 heterocycles. The summed E-state index contributed by atoms with van der Waals surface area (Å²) in [6.45, 7) is 3.74. The Morgan fingerprint density at radius 1 is 0.557 bits per heavy atom. The van der Waals surface area contributed by atoms with E-state index in [9.17, 15) is 30.3 Å². The van der Waals surface area contributed by atoms with Gasteiger partial charge in [-0.1, -0.05) is 197 Å². The number of amides is 1. The topological polar surface area (TPSA) is 149 Å². The first-order valence-electron chi connectivity index (χ1n) is 25.4. The number of hydrogen-bond acceptors (Lipinski definition) is 8. The minimum atomic E-state index is -1.57. The molecular weight excluding hydrogens is 767 g/mol. The van der Waals surface area contributed by atoms with Crippen molar-refractivity contribution in [2.24, 2.45) is 0 Å². The van der Waals surface area contributed by atoms with E-state index in [-0.39, 0.29) is 12.5 Å². The number of allylic oxidation sites excluding steroid dienone is 7. The van der Waals surface area contributed by atoms with E-state index >= 15 is 0 Å². The molecule has 1 fully saturated rings. The van der Waals surface area contributed by atoms with Crippen LogP contribution in [-0.4, -0.2) is 87.5 Å². The summed E-state index contributed by atoms with van der Waals surface area (Å²) in [5.41, 5.74) is 0. The summed E-state index contributed by atoms with van der Waals surface area (Å²) in [6, 6.07) is -0.826. The van der Waals surface area contributed by atoms with Crippen LogP contribution in [0.4, 0.5) is 0 Å². The van der Waals surface area contributed by atoms with Gasteiger partial charge in [0.1, 0.15) is 24.4 Å². The second kappa shape index (κ2) is 42.1. The molecule has 7 unspecified atom stereocenters. The van der Waals surface area contributed by atoms with Crippen molar-refractivity contribution < 1.29 is 39.8 Å². The highest BCUT2D eigenvalue weighted by Gasteiger charge is 2.44. The van der Waals surface area contributed by atoms with E-state index in [1.54, 1.807) is 6.08 Å². The molecule has 61 heavy (non-hydrogen) atoms. The molecule has 7 atom stereocenters. The predicted octanol–water partition coefficient (Wildman–Crippen LogP) is 11.4. The zero-order chi connectivity index (χ0) is 44.4. The third-order valence-corrected chi connectivity index (χ3v) is 11.9. The van der Waals surface area contributed by atoms with E-state index in [1.165, 1.54) is 141 Å². The molecule has 0 bridgehead atoms. The third kappa shape index (κ3) is 32.5. The summed E-state index contributed by atoms with van der Waals surface area (Å²) >= 11 is 0. The van der Waals surface area contributed by atoms with Gasteiger partial charge in [0.25, 0.3) is 0 Å². The van der Waals surface area contributed by atoms with Crippen LogP contribution in [0.5, 0.6) is 0 Å². The Bertz CT molecular complexity index is 1090. The highest BCUT2D eigenvalue weighted by Crippen LogP contribution is 2.23. The van der Waals surface area contributed by atoms with E-state index < -0.39 is 49.5 Å². The largest absolute Gasteiger partial charge is 0.394 e. The van der Waals surface area contributed by atoms with E-state index in [0.717, 1.165) is 57.8 Å². The summed E-state index contributed by atoms with van der Waals surface area (Å²) in [5, 5.41) is 54.3. The van der Waals surface area contributed by atoms with Crippen molar-refractivity contribution in [2.75, 3.05) is 13.2 Å². The van der Waals surface area contributed by atoms with Gasteiger partial charge in [-0.3, -0.25) is 4.79 Å². The second-order valence-corrected chi connectivity index (χ2v) is 17.6. The number of carbonyl (C=O) groups is 1. The molecule has 0 aromatic rings. The van der Waals surface area contributed by atoms with Crippen LogP contribution in [0, 0.1) is 0 Å². The van der Waals surface area contributed by atoms with E-state index in [0.29, 0.717) is 6.42 Å². The average Bonchev–Trinajstić information content (AvgIpc) is 3.26. The van der Waals surface area contributed by atoms with E-state index in [1.807, 2.05) is 6.08 Å². The van der Waals surface area contributed by atoms with Gasteiger partial charge < -0.3 is 40.3 Å². The molecule has 1 aliphatic rings. The average molecular weight is 862 g/mol. The molecule has 9 heteroatoms. The van der Waals surface area contributed by atoms with Gasteiger partial charge in [0, 0.05) is 6.42 Å². The Hall–Kier alpha value is -1.85. The lowest BCUT2D eigenvalue weighted by atomic mass is 9.99. The monoisotopic (exact) mass is 862 g/mol. The van der Waals surface area contributed by atoms with Crippen molar-refractivity contribution in [2.45, 2.75) is 262 Å². The maximum Gasteiger partial charge on any atom is 0.220 e. The molecule has 0 aromatic heterocycles. The molecule has 1 saturated heterocycles. The zero-order valence-electron chi connectivity index (χ0n) is 39.2. The fourth-order valence-corrected chi connectivity index (χ4v) is 7.79. The molecule has 1 aliphatic heterocycles.